The number of rotatable bonds is 4. The molecule has 112 valence electrons. The predicted molar refractivity (Wildman–Crippen MR) is 73.2 cm³/mol. The van der Waals surface area contributed by atoms with Gasteiger partial charge in [0.1, 0.15) is 0 Å². The van der Waals surface area contributed by atoms with Crippen LogP contribution < -0.4 is 4.74 Å². The molecule has 0 unspecified atom stereocenters. The monoisotopic (exact) mass is 293 g/mol. The number of carbonyl (C=O) groups excluding carboxylic acids is 2. The Hall–Kier alpha value is -2.64. The van der Waals surface area contributed by atoms with E-state index in [0.29, 0.717) is 26.2 Å². The van der Waals surface area contributed by atoms with Crippen molar-refractivity contribution in [1.82, 2.24) is 9.80 Å². The van der Waals surface area contributed by atoms with Gasteiger partial charge in [-0.25, -0.2) is 0 Å². The molecule has 1 fully saturated rings. The summed E-state index contributed by atoms with van der Waals surface area (Å²) in [6, 6.07) is 4.13. The highest BCUT2D eigenvalue weighted by molar-refractivity contribution is 5.95. The summed E-state index contributed by atoms with van der Waals surface area (Å²) in [5.74, 6) is -0.173. The van der Waals surface area contributed by atoms with E-state index in [1.807, 2.05) is 0 Å². The van der Waals surface area contributed by atoms with Gasteiger partial charge in [0.25, 0.3) is 5.91 Å². The average molecular weight is 293 g/mol. The van der Waals surface area contributed by atoms with Crippen LogP contribution >= 0.6 is 0 Å². The van der Waals surface area contributed by atoms with Crippen LogP contribution in [-0.4, -0.2) is 60.3 Å². The van der Waals surface area contributed by atoms with Crippen molar-refractivity contribution in [2.24, 2.45) is 0 Å². The second-order valence-electron chi connectivity index (χ2n) is 4.58. The van der Waals surface area contributed by atoms with E-state index < -0.39 is 4.92 Å². The Morgan fingerprint density at radius 1 is 1.33 bits per heavy atom. The largest absolute Gasteiger partial charge is 0.490 e. The molecule has 1 aliphatic rings. The first-order chi connectivity index (χ1) is 10.1. The average Bonchev–Trinajstić information content (AvgIpc) is 2.53. The molecule has 1 heterocycles. The molecular weight excluding hydrogens is 278 g/mol. The van der Waals surface area contributed by atoms with Crippen LogP contribution in [0.25, 0.3) is 0 Å². The molecule has 0 aliphatic carbocycles. The van der Waals surface area contributed by atoms with Gasteiger partial charge in [-0.3, -0.25) is 19.7 Å². The van der Waals surface area contributed by atoms with Crippen LogP contribution in [0.1, 0.15) is 10.4 Å². The number of hydrogen-bond donors (Lipinski definition) is 0. The first kappa shape index (κ1) is 14.8. The SMILES string of the molecule is COc1ccc(C(=O)N2CCN(C=O)CC2)cc1[N+](=O)[O-]. The van der Waals surface area contributed by atoms with Crippen LogP contribution in [0, 0.1) is 10.1 Å². The van der Waals surface area contributed by atoms with Crippen LogP contribution in [0.2, 0.25) is 0 Å². The maximum absolute atomic E-state index is 12.3. The molecule has 0 atom stereocenters. The Balaban J connectivity index is 2.18. The second-order valence-corrected chi connectivity index (χ2v) is 4.58. The van der Waals surface area contributed by atoms with Gasteiger partial charge in [0, 0.05) is 37.8 Å². The number of ether oxygens (including phenoxy) is 1. The highest BCUT2D eigenvalue weighted by atomic mass is 16.6. The van der Waals surface area contributed by atoms with E-state index in [0.717, 1.165) is 6.41 Å². The number of amides is 2. The lowest BCUT2D eigenvalue weighted by molar-refractivity contribution is -0.385. The summed E-state index contributed by atoms with van der Waals surface area (Å²) in [6.07, 6.45) is 0.750. The van der Waals surface area contributed by atoms with Crippen LogP contribution in [-0.2, 0) is 4.79 Å². The summed E-state index contributed by atoms with van der Waals surface area (Å²) in [4.78, 5) is 36.5. The van der Waals surface area contributed by atoms with Crippen LogP contribution in [0.4, 0.5) is 5.69 Å². The van der Waals surface area contributed by atoms with E-state index in [2.05, 4.69) is 0 Å². The molecule has 8 nitrogen and oxygen atoms in total. The zero-order valence-corrected chi connectivity index (χ0v) is 11.5. The van der Waals surface area contributed by atoms with Gasteiger partial charge < -0.3 is 14.5 Å². The predicted octanol–water partition coefficient (Wildman–Crippen LogP) is 0.518. The number of methoxy groups -OCH3 is 1. The molecule has 0 N–H and O–H groups in total. The lowest BCUT2D eigenvalue weighted by Crippen LogP contribution is -2.48. The fourth-order valence-corrected chi connectivity index (χ4v) is 2.18. The van der Waals surface area contributed by atoms with Gasteiger partial charge >= 0.3 is 5.69 Å². The minimum atomic E-state index is -0.583. The van der Waals surface area contributed by atoms with Crippen molar-refractivity contribution >= 4 is 18.0 Å². The highest BCUT2D eigenvalue weighted by Crippen LogP contribution is 2.28. The summed E-state index contributed by atoms with van der Waals surface area (Å²) in [5.41, 5.74) is -0.00284. The topological polar surface area (TPSA) is 93.0 Å². The van der Waals surface area contributed by atoms with Crippen molar-refractivity contribution in [3.8, 4) is 5.75 Å². The fraction of sp³-hybridized carbons (Fsp3) is 0.385. The van der Waals surface area contributed by atoms with Gasteiger partial charge in [-0.05, 0) is 12.1 Å². The quantitative estimate of drug-likeness (QED) is 0.458. The van der Waals surface area contributed by atoms with E-state index in [1.165, 1.54) is 25.3 Å². The van der Waals surface area contributed by atoms with Crippen LogP contribution in [0.5, 0.6) is 5.75 Å². The summed E-state index contributed by atoms with van der Waals surface area (Å²) < 4.78 is 4.90. The zero-order valence-electron chi connectivity index (χ0n) is 11.5. The lowest BCUT2D eigenvalue weighted by Gasteiger charge is -2.32. The summed E-state index contributed by atoms with van der Waals surface area (Å²) in [7, 11) is 1.34. The van der Waals surface area contributed by atoms with Crippen molar-refractivity contribution in [3.05, 3.63) is 33.9 Å². The van der Waals surface area contributed by atoms with Crippen LogP contribution in [0.3, 0.4) is 0 Å². The zero-order chi connectivity index (χ0) is 15.4. The Morgan fingerprint density at radius 2 is 2.00 bits per heavy atom. The third kappa shape index (κ3) is 3.10. The molecule has 0 saturated carbocycles. The van der Waals surface area contributed by atoms with Gasteiger partial charge in [0.05, 0.1) is 12.0 Å². The minimum Gasteiger partial charge on any atom is -0.490 e. The van der Waals surface area contributed by atoms with Gasteiger partial charge in [-0.2, -0.15) is 0 Å². The summed E-state index contributed by atoms with van der Waals surface area (Å²) >= 11 is 0. The summed E-state index contributed by atoms with van der Waals surface area (Å²) in [6.45, 7) is 1.76. The maximum atomic E-state index is 12.3. The second kappa shape index (κ2) is 6.21. The first-order valence-electron chi connectivity index (χ1n) is 6.38. The normalized spacial score (nSPS) is 14.7. The number of nitro groups is 1. The molecule has 2 rings (SSSR count). The summed E-state index contributed by atoms with van der Waals surface area (Å²) in [5, 5.41) is 11.0. The van der Waals surface area contributed by atoms with E-state index in [9.17, 15) is 19.7 Å². The number of nitrogens with zero attached hydrogens (tertiary/aromatic N) is 3. The Bertz CT molecular complexity index is 567. The van der Waals surface area contributed by atoms with Crippen molar-refractivity contribution in [3.63, 3.8) is 0 Å². The maximum Gasteiger partial charge on any atom is 0.311 e. The smallest absolute Gasteiger partial charge is 0.311 e. The molecule has 2 amide bonds. The van der Waals surface area contributed by atoms with Crippen molar-refractivity contribution < 1.29 is 19.2 Å². The molecule has 1 saturated heterocycles. The molecule has 0 radical (unpaired) electrons. The van der Waals surface area contributed by atoms with Crippen LogP contribution in [0.15, 0.2) is 18.2 Å². The molecule has 8 heteroatoms. The minimum absolute atomic E-state index is 0.113. The van der Waals surface area contributed by atoms with Gasteiger partial charge in [-0.1, -0.05) is 0 Å². The van der Waals surface area contributed by atoms with E-state index in [-0.39, 0.29) is 22.9 Å². The molecule has 1 aromatic rings. The molecule has 21 heavy (non-hydrogen) atoms. The molecule has 0 bridgehead atoms. The standard InChI is InChI=1S/C13H15N3O5/c1-21-12-3-2-10(8-11(12)16(19)20)13(18)15-6-4-14(9-17)5-7-15/h2-3,8-9H,4-7H2,1H3. The molecule has 0 spiro atoms. The Labute approximate surface area is 121 Å². The number of benzene rings is 1. The number of nitro benzene ring substituents is 1. The van der Waals surface area contributed by atoms with Gasteiger partial charge in [0.2, 0.25) is 6.41 Å². The van der Waals surface area contributed by atoms with Crippen molar-refractivity contribution in [1.29, 1.82) is 0 Å². The van der Waals surface area contributed by atoms with E-state index >= 15 is 0 Å². The Morgan fingerprint density at radius 3 is 2.52 bits per heavy atom. The molecule has 1 aromatic carbocycles. The van der Waals surface area contributed by atoms with Gasteiger partial charge in [-0.15, -0.1) is 0 Å². The third-order valence-electron chi connectivity index (χ3n) is 3.37. The van der Waals surface area contributed by atoms with Gasteiger partial charge in [0.15, 0.2) is 5.75 Å². The number of hydrogen-bond acceptors (Lipinski definition) is 5. The number of piperazine rings is 1. The van der Waals surface area contributed by atoms with Crippen molar-refractivity contribution in [2.45, 2.75) is 0 Å². The van der Waals surface area contributed by atoms with E-state index in [4.69, 9.17) is 4.74 Å². The fourth-order valence-electron chi connectivity index (χ4n) is 2.18. The number of carbonyl (C=O) groups is 2. The highest BCUT2D eigenvalue weighted by Gasteiger charge is 2.24. The van der Waals surface area contributed by atoms with Crippen molar-refractivity contribution in [2.75, 3.05) is 33.3 Å². The molecular formula is C13H15N3O5. The molecule has 0 aromatic heterocycles. The lowest BCUT2D eigenvalue weighted by atomic mass is 10.1. The van der Waals surface area contributed by atoms with E-state index in [1.54, 1.807) is 9.80 Å². The Kier molecular flexibility index (Phi) is 4.36. The first-order valence-corrected chi connectivity index (χ1v) is 6.38. The molecule has 1 aliphatic heterocycles. The third-order valence-corrected chi connectivity index (χ3v) is 3.37.